The first-order valence-corrected chi connectivity index (χ1v) is 6.77. The van der Waals surface area contributed by atoms with E-state index in [1.165, 1.54) is 11.3 Å². The van der Waals surface area contributed by atoms with E-state index in [1.54, 1.807) is 0 Å². The van der Waals surface area contributed by atoms with Crippen LogP contribution in [0.5, 0.6) is 0 Å². The number of nitrogens with zero attached hydrogens (tertiary/aromatic N) is 2. The standard InChI is InChI=1S/C16H23N3/c1-13(15-10-11-18-19(15)4)17-12-16(2,3)14-8-6-5-7-9-14/h5-11,13,17H,12H2,1-4H3. The van der Waals surface area contributed by atoms with E-state index in [9.17, 15) is 0 Å². The van der Waals surface area contributed by atoms with E-state index in [-0.39, 0.29) is 5.41 Å². The van der Waals surface area contributed by atoms with Crippen molar-refractivity contribution in [1.82, 2.24) is 15.1 Å². The van der Waals surface area contributed by atoms with Crippen LogP contribution in [0.4, 0.5) is 0 Å². The molecule has 1 unspecified atom stereocenters. The maximum absolute atomic E-state index is 4.22. The van der Waals surface area contributed by atoms with Gasteiger partial charge in [0.25, 0.3) is 0 Å². The Morgan fingerprint density at radius 3 is 2.47 bits per heavy atom. The van der Waals surface area contributed by atoms with E-state index in [1.807, 2.05) is 17.9 Å². The minimum Gasteiger partial charge on any atom is -0.308 e. The van der Waals surface area contributed by atoms with E-state index >= 15 is 0 Å². The molecule has 0 spiro atoms. The van der Waals surface area contributed by atoms with Gasteiger partial charge in [-0.1, -0.05) is 44.2 Å². The Balaban J connectivity index is 2.00. The quantitative estimate of drug-likeness (QED) is 0.892. The molecule has 1 aromatic carbocycles. The number of aryl methyl sites for hydroxylation is 1. The summed E-state index contributed by atoms with van der Waals surface area (Å²) in [5, 5.41) is 7.82. The van der Waals surface area contributed by atoms with Crippen molar-refractivity contribution < 1.29 is 0 Å². The van der Waals surface area contributed by atoms with Gasteiger partial charge >= 0.3 is 0 Å². The Morgan fingerprint density at radius 1 is 1.21 bits per heavy atom. The average molecular weight is 257 g/mol. The molecule has 0 aliphatic heterocycles. The van der Waals surface area contributed by atoms with Crippen LogP contribution in [0.15, 0.2) is 42.6 Å². The predicted molar refractivity (Wildman–Crippen MR) is 79.1 cm³/mol. The summed E-state index contributed by atoms with van der Waals surface area (Å²) in [6.07, 6.45) is 1.84. The van der Waals surface area contributed by atoms with Crippen molar-refractivity contribution in [1.29, 1.82) is 0 Å². The number of aromatic nitrogens is 2. The van der Waals surface area contributed by atoms with Crippen molar-refractivity contribution in [3.63, 3.8) is 0 Å². The molecule has 102 valence electrons. The number of rotatable bonds is 5. The Hall–Kier alpha value is -1.61. The third-order valence-corrected chi connectivity index (χ3v) is 3.71. The summed E-state index contributed by atoms with van der Waals surface area (Å²) in [5.41, 5.74) is 2.69. The zero-order chi connectivity index (χ0) is 13.9. The number of hydrogen-bond acceptors (Lipinski definition) is 2. The Labute approximate surface area is 115 Å². The molecule has 0 amide bonds. The summed E-state index contributed by atoms with van der Waals surface area (Å²) in [7, 11) is 1.98. The molecule has 1 heterocycles. The molecule has 2 aromatic rings. The SMILES string of the molecule is CC(NCC(C)(C)c1ccccc1)c1ccnn1C. The van der Waals surface area contributed by atoms with Gasteiger partial charge in [-0.25, -0.2) is 0 Å². The van der Waals surface area contributed by atoms with Gasteiger partial charge in [-0.2, -0.15) is 5.10 Å². The van der Waals surface area contributed by atoms with Crippen molar-refractivity contribution in [2.24, 2.45) is 7.05 Å². The Morgan fingerprint density at radius 2 is 1.89 bits per heavy atom. The molecular formula is C16H23N3. The molecule has 1 N–H and O–H groups in total. The molecule has 1 aromatic heterocycles. The summed E-state index contributed by atoms with van der Waals surface area (Å²) in [4.78, 5) is 0. The molecule has 3 nitrogen and oxygen atoms in total. The fraction of sp³-hybridized carbons (Fsp3) is 0.438. The summed E-state index contributed by atoms with van der Waals surface area (Å²) in [5.74, 6) is 0. The lowest BCUT2D eigenvalue weighted by Gasteiger charge is -2.28. The van der Waals surface area contributed by atoms with Gasteiger partial charge in [0, 0.05) is 31.2 Å². The first-order valence-electron chi connectivity index (χ1n) is 6.77. The summed E-state index contributed by atoms with van der Waals surface area (Å²) >= 11 is 0. The van der Waals surface area contributed by atoms with Crippen molar-refractivity contribution >= 4 is 0 Å². The van der Waals surface area contributed by atoms with Crippen LogP contribution in [-0.4, -0.2) is 16.3 Å². The number of nitrogens with one attached hydrogen (secondary N) is 1. The number of hydrogen-bond donors (Lipinski definition) is 1. The molecule has 3 heteroatoms. The Kier molecular flexibility index (Phi) is 4.05. The predicted octanol–water partition coefficient (Wildman–Crippen LogP) is 3.05. The highest BCUT2D eigenvalue weighted by atomic mass is 15.3. The zero-order valence-electron chi connectivity index (χ0n) is 12.2. The lowest BCUT2D eigenvalue weighted by atomic mass is 9.84. The molecule has 0 saturated carbocycles. The van der Waals surface area contributed by atoms with Crippen LogP contribution in [0.2, 0.25) is 0 Å². The fourth-order valence-corrected chi connectivity index (χ4v) is 2.31. The van der Waals surface area contributed by atoms with Crippen molar-refractivity contribution in [3.05, 3.63) is 53.9 Å². The normalized spacial score (nSPS) is 13.5. The third-order valence-electron chi connectivity index (χ3n) is 3.71. The second-order valence-corrected chi connectivity index (χ2v) is 5.73. The lowest BCUT2D eigenvalue weighted by molar-refractivity contribution is 0.424. The van der Waals surface area contributed by atoms with E-state index in [0.717, 1.165) is 6.54 Å². The molecule has 0 aliphatic carbocycles. The monoisotopic (exact) mass is 257 g/mol. The molecule has 0 radical (unpaired) electrons. The molecular weight excluding hydrogens is 234 g/mol. The molecule has 0 saturated heterocycles. The highest BCUT2D eigenvalue weighted by Gasteiger charge is 2.21. The summed E-state index contributed by atoms with van der Waals surface area (Å²) in [6.45, 7) is 7.65. The summed E-state index contributed by atoms with van der Waals surface area (Å²) in [6, 6.07) is 13.0. The van der Waals surface area contributed by atoms with Gasteiger partial charge in [0.05, 0.1) is 5.69 Å². The van der Waals surface area contributed by atoms with E-state index in [0.29, 0.717) is 6.04 Å². The maximum atomic E-state index is 4.22. The zero-order valence-corrected chi connectivity index (χ0v) is 12.2. The van der Waals surface area contributed by atoms with Crippen LogP contribution in [0, 0.1) is 0 Å². The summed E-state index contributed by atoms with van der Waals surface area (Å²) < 4.78 is 1.92. The second-order valence-electron chi connectivity index (χ2n) is 5.73. The van der Waals surface area contributed by atoms with Crippen LogP contribution in [0.1, 0.15) is 38.1 Å². The minimum absolute atomic E-state index is 0.119. The van der Waals surface area contributed by atoms with Gasteiger partial charge in [0.2, 0.25) is 0 Å². The van der Waals surface area contributed by atoms with Crippen LogP contribution < -0.4 is 5.32 Å². The van der Waals surface area contributed by atoms with Crippen molar-refractivity contribution in [2.45, 2.75) is 32.2 Å². The van der Waals surface area contributed by atoms with Crippen LogP contribution in [0.25, 0.3) is 0 Å². The first kappa shape index (κ1) is 13.8. The second kappa shape index (κ2) is 5.57. The molecule has 2 rings (SSSR count). The smallest absolute Gasteiger partial charge is 0.0547 e. The average Bonchev–Trinajstić information content (AvgIpc) is 2.83. The largest absolute Gasteiger partial charge is 0.308 e. The van der Waals surface area contributed by atoms with Gasteiger partial charge in [-0.05, 0) is 18.6 Å². The number of benzene rings is 1. The highest BCUT2D eigenvalue weighted by molar-refractivity contribution is 5.24. The fourth-order valence-electron chi connectivity index (χ4n) is 2.31. The van der Waals surface area contributed by atoms with Gasteiger partial charge in [-0.15, -0.1) is 0 Å². The van der Waals surface area contributed by atoms with Crippen LogP contribution >= 0.6 is 0 Å². The van der Waals surface area contributed by atoms with Crippen LogP contribution in [0.3, 0.4) is 0 Å². The van der Waals surface area contributed by atoms with Crippen LogP contribution in [-0.2, 0) is 12.5 Å². The Bertz CT molecular complexity index is 514. The molecule has 1 atom stereocenters. The first-order chi connectivity index (χ1) is 9.00. The van der Waals surface area contributed by atoms with E-state index in [2.05, 4.69) is 67.6 Å². The van der Waals surface area contributed by atoms with Gasteiger partial charge < -0.3 is 5.32 Å². The lowest BCUT2D eigenvalue weighted by Crippen LogP contribution is -2.35. The third kappa shape index (κ3) is 3.24. The molecule has 19 heavy (non-hydrogen) atoms. The van der Waals surface area contributed by atoms with Gasteiger partial charge in [-0.3, -0.25) is 4.68 Å². The maximum Gasteiger partial charge on any atom is 0.0547 e. The molecule has 0 bridgehead atoms. The van der Waals surface area contributed by atoms with Crippen molar-refractivity contribution in [3.8, 4) is 0 Å². The molecule has 0 fully saturated rings. The van der Waals surface area contributed by atoms with Crippen molar-refractivity contribution in [2.75, 3.05) is 6.54 Å². The van der Waals surface area contributed by atoms with E-state index < -0.39 is 0 Å². The van der Waals surface area contributed by atoms with Gasteiger partial charge in [0.15, 0.2) is 0 Å². The topological polar surface area (TPSA) is 29.9 Å². The van der Waals surface area contributed by atoms with E-state index in [4.69, 9.17) is 0 Å². The molecule has 0 aliphatic rings. The highest BCUT2D eigenvalue weighted by Crippen LogP contribution is 2.23. The minimum atomic E-state index is 0.119. The van der Waals surface area contributed by atoms with Gasteiger partial charge in [0.1, 0.15) is 0 Å².